The standard InChI is InChI=1S/C22H30N4O4/c1-3-22(12-11-18(27)25-21(22)30)15-7-9-16(10-8-15)24-20(29)19(28)23-14-17-6-5-13-26(17)4-2/h7-10,17H,3-6,11-14H2,1-2H3,(H,23,28)(H,24,29)(H,25,27,30)/t17-,22+/m1/s1. The second kappa shape index (κ2) is 9.38. The van der Waals surface area contributed by atoms with Gasteiger partial charge in [0.05, 0.1) is 5.41 Å². The first-order valence-corrected chi connectivity index (χ1v) is 10.7. The number of nitrogens with zero attached hydrogens (tertiary/aromatic N) is 1. The molecule has 0 aliphatic carbocycles. The van der Waals surface area contributed by atoms with Crippen molar-refractivity contribution in [2.75, 3.05) is 25.0 Å². The maximum absolute atomic E-state index is 12.5. The van der Waals surface area contributed by atoms with E-state index >= 15 is 0 Å². The summed E-state index contributed by atoms with van der Waals surface area (Å²) in [5.74, 6) is -1.91. The monoisotopic (exact) mass is 414 g/mol. The van der Waals surface area contributed by atoms with Crippen LogP contribution in [0, 0.1) is 0 Å². The molecule has 1 aromatic carbocycles. The number of carbonyl (C=O) groups is 4. The van der Waals surface area contributed by atoms with Crippen LogP contribution in [-0.4, -0.2) is 54.2 Å². The third-order valence-electron chi connectivity index (χ3n) is 6.38. The third kappa shape index (κ3) is 4.53. The molecule has 0 aromatic heterocycles. The first-order valence-electron chi connectivity index (χ1n) is 10.7. The molecule has 2 aliphatic rings. The Morgan fingerprint density at radius 3 is 2.53 bits per heavy atom. The summed E-state index contributed by atoms with van der Waals surface area (Å²) in [6, 6.07) is 7.17. The molecule has 8 nitrogen and oxygen atoms in total. The second-order valence-corrected chi connectivity index (χ2v) is 7.98. The highest BCUT2D eigenvalue weighted by atomic mass is 16.2. The van der Waals surface area contributed by atoms with Crippen molar-refractivity contribution < 1.29 is 19.2 Å². The van der Waals surface area contributed by atoms with Crippen LogP contribution in [0.1, 0.15) is 51.5 Å². The first kappa shape index (κ1) is 22.0. The van der Waals surface area contributed by atoms with Crippen LogP contribution in [0.15, 0.2) is 24.3 Å². The van der Waals surface area contributed by atoms with Crippen LogP contribution in [0.5, 0.6) is 0 Å². The minimum atomic E-state index is -0.750. The van der Waals surface area contributed by atoms with Crippen molar-refractivity contribution in [1.29, 1.82) is 0 Å². The van der Waals surface area contributed by atoms with Crippen LogP contribution in [0.4, 0.5) is 5.69 Å². The van der Waals surface area contributed by atoms with E-state index in [1.54, 1.807) is 24.3 Å². The molecule has 0 spiro atoms. The van der Waals surface area contributed by atoms with Crippen molar-refractivity contribution in [3.05, 3.63) is 29.8 Å². The zero-order valence-electron chi connectivity index (χ0n) is 17.6. The lowest BCUT2D eigenvalue weighted by molar-refractivity contribution is -0.138. The minimum Gasteiger partial charge on any atom is -0.346 e. The van der Waals surface area contributed by atoms with Crippen molar-refractivity contribution >= 4 is 29.3 Å². The zero-order chi connectivity index (χ0) is 21.7. The highest BCUT2D eigenvalue weighted by molar-refractivity contribution is 6.39. The summed E-state index contributed by atoms with van der Waals surface area (Å²) in [7, 11) is 0. The summed E-state index contributed by atoms with van der Waals surface area (Å²) in [4.78, 5) is 50.7. The van der Waals surface area contributed by atoms with Gasteiger partial charge in [-0.15, -0.1) is 0 Å². The number of anilines is 1. The molecular formula is C22H30N4O4. The van der Waals surface area contributed by atoms with E-state index in [9.17, 15) is 19.2 Å². The molecule has 0 saturated carbocycles. The lowest BCUT2D eigenvalue weighted by atomic mass is 9.72. The second-order valence-electron chi connectivity index (χ2n) is 7.98. The molecule has 4 amide bonds. The summed E-state index contributed by atoms with van der Waals surface area (Å²) in [5, 5.41) is 7.74. The zero-order valence-corrected chi connectivity index (χ0v) is 17.6. The molecule has 2 heterocycles. The molecule has 2 atom stereocenters. The van der Waals surface area contributed by atoms with Gasteiger partial charge in [0.1, 0.15) is 0 Å². The summed E-state index contributed by atoms with van der Waals surface area (Å²) >= 11 is 0. The fourth-order valence-corrected chi connectivity index (χ4v) is 4.46. The van der Waals surface area contributed by atoms with E-state index in [2.05, 4.69) is 27.8 Å². The molecule has 2 aliphatic heterocycles. The quantitative estimate of drug-likeness (QED) is 0.481. The summed E-state index contributed by atoms with van der Waals surface area (Å²) < 4.78 is 0. The van der Waals surface area contributed by atoms with E-state index in [0.717, 1.165) is 31.5 Å². The Kier molecular flexibility index (Phi) is 6.87. The first-order chi connectivity index (χ1) is 14.4. The number of imide groups is 1. The Morgan fingerprint density at radius 1 is 1.17 bits per heavy atom. The number of hydrogen-bond donors (Lipinski definition) is 3. The molecule has 3 rings (SSSR count). The Hall–Kier alpha value is -2.74. The van der Waals surface area contributed by atoms with Crippen LogP contribution in [-0.2, 0) is 24.6 Å². The predicted octanol–water partition coefficient (Wildman–Crippen LogP) is 1.31. The molecule has 0 bridgehead atoms. The Bertz CT molecular complexity index is 823. The molecule has 1 aromatic rings. The van der Waals surface area contributed by atoms with E-state index in [-0.39, 0.29) is 17.9 Å². The van der Waals surface area contributed by atoms with Crippen molar-refractivity contribution in [3.63, 3.8) is 0 Å². The number of amides is 4. The molecular weight excluding hydrogens is 384 g/mol. The maximum Gasteiger partial charge on any atom is 0.313 e. The SMILES string of the molecule is CCN1CCC[C@@H]1CNC(=O)C(=O)Nc1ccc([C@]2(CC)CCC(=O)NC2=O)cc1. The fourth-order valence-electron chi connectivity index (χ4n) is 4.46. The molecule has 3 N–H and O–H groups in total. The molecule has 2 saturated heterocycles. The van der Waals surface area contributed by atoms with Crippen molar-refractivity contribution in [2.24, 2.45) is 0 Å². The van der Waals surface area contributed by atoms with Gasteiger partial charge in [-0.2, -0.15) is 0 Å². The fraction of sp³-hybridized carbons (Fsp3) is 0.545. The van der Waals surface area contributed by atoms with Crippen LogP contribution < -0.4 is 16.0 Å². The Morgan fingerprint density at radius 2 is 1.90 bits per heavy atom. The van der Waals surface area contributed by atoms with Crippen LogP contribution in [0.25, 0.3) is 0 Å². The molecule has 0 unspecified atom stereocenters. The molecule has 30 heavy (non-hydrogen) atoms. The van der Waals surface area contributed by atoms with Gasteiger partial charge in [0.25, 0.3) is 0 Å². The molecule has 2 fully saturated rings. The van der Waals surface area contributed by atoms with E-state index in [1.165, 1.54) is 0 Å². The summed E-state index contributed by atoms with van der Waals surface area (Å²) in [5.41, 5.74) is 0.520. The summed E-state index contributed by atoms with van der Waals surface area (Å²) in [6.07, 6.45) is 3.46. The normalized spacial score (nSPS) is 24.4. The van der Waals surface area contributed by atoms with Gasteiger partial charge in [0.15, 0.2) is 0 Å². The Balaban J connectivity index is 1.58. The van der Waals surface area contributed by atoms with Crippen molar-refractivity contribution in [1.82, 2.24) is 15.5 Å². The number of carbonyl (C=O) groups excluding carboxylic acids is 4. The lowest BCUT2D eigenvalue weighted by Gasteiger charge is -2.35. The van der Waals surface area contributed by atoms with Gasteiger partial charge >= 0.3 is 11.8 Å². The van der Waals surface area contributed by atoms with Gasteiger partial charge in [-0.25, -0.2) is 0 Å². The van der Waals surface area contributed by atoms with E-state index in [1.807, 2.05) is 6.92 Å². The van der Waals surface area contributed by atoms with E-state index in [0.29, 0.717) is 31.5 Å². The molecule has 0 radical (unpaired) electrons. The highest BCUT2D eigenvalue weighted by Crippen LogP contribution is 2.36. The van der Waals surface area contributed by atoms with Crippen LogP contribution >= 0.6 is 0 Å². The molecule has 162 valence electrons. The topological polar surface area (TPSA) is 108 Å². The molecule has 8 heteroatoms. The number of piperidine rings is 1. The summed E-state index contributed by atoms with van der Waals surface area (Å²) in [6.45, 7) is 6.44. The van der Waals surface area contributed by atoms with Gasteiger partial charge in [0.2, 0.25) is 11.8 Å². The Labute approximate surface area is 176 Å². The van der Waals surface area contributed by atoms with Crippen molar-refractivity contribution in [3.8, 4) is 0 Å². The van der Waals surface area contributed by atoms with Gasteiger partial charge < -0.3 is 10.6 Å². The lowest BCUT2D eigenvalue weighted by Crippen LogP contribution is -2.51. The van der Waals surface area contributed by atoms with E-state index < -0.39 is 17.2 Å². The number of likely N-dealkylation sites (tertiary alicyclic amines) is 1. The van der Waals surface area contributed by atoms with Gasteiger partial charge in [-0.3, -0.25) is 29.4 Å². The smallest absolute Gasteiger partial charge is 0.313 e. The largest absolute Gasteiger partial charge is 0.346 e. The number of rotatable bonds is 6. The number of hydrogen-bond acceptors (Lipinski definition) is 5. The van der Waals surface area contributed by atoms with Crippen LogP contribution in [0.2, 0.25) is 0 Å². The average molecular weight is 415 g/mol. The van der Waals surface area contributed by atoms with Crippen molar-refractivity contribution in [2.45, 2.75) is 57.4 Å². The third-order valence-corrected chi connectivity index (χ3v) is 6.38. The highest BCUT2D eigenvalue weighted by Gasteiger charge is 2.42. The van der Waals surface area contributed by atoms with Crippen LogP contribution in [0.3, 0.4) is 0 Å². The number of nitrogens with one attached hydrogen (secondary N) is 3. The van der Waals surface area contributed by atoms with Gasteiger partial charge in [0, 0.05) is 24.7 Å². The minimum absolute atomic E-state index is 0.251. The van der Waals surface area contributed by atoms with Gasteiger partial charge in [-0.05, 0) is 56.5 Å². The van der Waals surface area contributed by atoms with Gasteiger partial charge in [-0.1, -0.05) is 26.0 Å². The van der Waals surface area contributed by atoms with E-state index in [4.69, 9.17) is 0 Å². The maximum atomic E-state index is 12.5. The number of likely N-dealkylation sites (N-methyl/N-ethyl adjacent to an activating group) is 1. The average Bonchev–Trinajstić information content (AvgIpc) is 3.21. The predicted molar refractivity (Wildman–Crippen MR) is 113 cm³/mol. The number of benzene rings is 1.